The molecule has 18 heavy (non-hydrogen) atoms. The number of hydrogen-bond donors (Lipinski definition) is 0. The molecule has 1 saturated heterocycles. The molecule has 0 aromatic heterocycles. The van der Waals surface area contributed by atoms with Crippen LogP contribution in [0, 0.1) is 5.92 Å². The van der Waals surface area contributed by atoms with Crippen molar-refractivity contribution in [1.82, 2.24) is 4.90 Å². The highest BCUT2D eigenvalue weighted by Gasteiger charge is 2.22. The van der Waals surface area contributed by atoms with Gasteiger partial charge in [0.1, 0.15) is 0 Å². The largest absolute Gasteiger partial charge is 0.373 e. The second kappa shape index (κ2) is 6.27. The minimum Gasteiger partial charge on any atom is -0.373 e. The summed E-state index contributed by atoms with van der Waals surface area (Å²) in [4.78, 5) is 4.71. The van der Waals surface area contributed by atoms with E-state index in [0.29, 0.717) is 0 Å². The van der Waals surface area contributed by atoms with Gasteiger partial charge in [0.2, 0.25) is 0 Å². The van der Waals surface area contributed by atoms with Crippen molar-refractivity contribution in [3.63, 3.8) is 0 Å². The molecule has 1 aromatic carbocycles. The van der Waals surface area contributed by atoms with E-state index in [0.717, 1.165) is 22.8 Å². The summed E-state index contributed by atoms with van der Waals surface area (Å²) in [5.74, 6) is 0.749. The Kier molecular flexibility index (Phi) is 4.93. The van der Waals surface area contributed by atoms with E-state index in [1.165, 1.54) is 30.8 Å². The number of rotatable bonds is 4. The van der Waals surface area contributed by atoms with Gasteiger partial charge in [-0.3, -0.25) is 0 Å². The average molecular weight is 332 g/mol. The van der Waals surface area contributed by atoms with Crippen molar-refractivity contribution >= 4 is 33.2 Å². The van der Waals surface area contributed by atoms with Gasteiger partial charge in [0.15, 0.2) is 0 Å². The summed E-state index contributed by atoms with van der Waals surface area (Å²) in [6.45, 7) is 3.48. The summed E-state index contributed by atoms with van der Waals surface area (Å²) >= 11 is 9.88. The van der Waals surface area contributed by atoms with Crippen molar-refractivity contribution in [3.05, 3.63) is 28.8 Å². The third kappa shape index (κ3) is 3.19. The predicted octanol–water partition coefficient (Wildman–Crippen LogP) is 3.62. The van der Waals surface area contributed by atoms with Crippen LogP contribution in [0.15, 0.2) is 18.2 Å². The van der Waals surface area contributed by atoms with E-state index in [9.17, 15) is 0 Å². The van der Waals surface area contributed by atoms with Gasteiger partial charge in [0.05, 0.1) is 10.7 Å². The Hall–Kier alpha value is -0.250. The number of para-hydroxylation sites is 1. The van der Waals surface area contributed by atoms with Gasteiger partial charge in [-0.05, 0) is 37.6 Å². The number of hydrogen-bond acceptors (Lipinski definition) is 2. The van der Waals surface area contributed by atoms with E-state index in [2.05, 4.69) is 45.9 Å². The quantitative estimate of drug-likeness (QED) is 0.778. The van der Waals surface area contributed by atoms with Gasteiger partial charge in [-0.2, -0.15) is 0 Å². The van der Waals surface area contributed by atoms with Gasteiger partial charge in [0.25, 0.3) is 0 Å². The van der Waals surface area contributed by atoms with Crippen LogP contribution < -0.4 is 4.90 Å². The zero-order valence-electron chi connectivity index (χ0n) is 11.0. The fraction of sp³-hybridized carbons (Fsp3) is 0.571. The molecule has 2 nitrogen and oxygen atoms in total. The molecule has 100 valence electrons. The van der Waals surface area contributed by atoms with Gasteiger partial charge in [-0.25, -0.2) is 0 Å². The highest BCUT2D eigenvalue weighted by molar-refractivity contribution is 9.08. The van der Waals surface area contributed by atoms with Gasteiger partial charge in [-0.1, -0.05) is 39.7 Å². The summed E-state index contributed by atoms with van der Waals surface area (Å²) in [6.07, 6.45) is 1.29. The number of likely N-dealkylation sites (tertiary alicyclic amines) is 1. The molecule has 0 bridgehead atoms. The molecular formula is C14H20BrClN2. The maximum Gasteiger partial charge on any atom is 0.0642 e. The van der Waals surface area contributed by atoms with Crippen LogP contribution in [0.25, 0.3) is 0 Å². The standard InChI is InChI=1S/C14H20BrClN2/c1-17-7-6-11(9-17)10-18(2)14-12(8-15)4-3-5-13(14)16/h3-5,11H,6-10H2,1-2H3. The molecule has 1 aromatic rings. The fourth-order valence-corrected chi connectivity index (χ4v) is 3.54. The first-order valence-corrected chi connectivity index (χ1v) is 7.84. The maximum absolute atomic E-state index is 6.34. The molecule has 0 radical (unpaired) electrons. The van der Waals surface area contributed by atoms with E-state index >= 15 is 0 Å². The molecule has 0 aliphatic carbocycles. The molecule has 0 amide bonds. The summed E-state index contributed by atoms with van der Waals surface area (Å²) in [6, 6.07) is 6.12. The number of anilines is 1. The summed E-state index contributed by atoms with van der Waals surface area (Å²) in [5.41, 5.74) is 2.43. The molecule has 2 rings (SSSR count). The van der Waals surface area contributed by atoms with E-state index in [4.69, 9.17) is 11.6 Å². The Morgan fingerprint density at radius 2 is 2.28 bits per heavy atom. The summed E-state index contributed by atoms with van der Waals surface area (Å²) in [5, 5.41) is 1.69. The molecule has 1 fully saturated rings. The smallest absolute Gasteiger partial charge is 0.0642 e. The van der Waals surface area contributed by atoms with Gasteiger partial charge in [-0.15, -0.1) is 0 Å². The van der Waals surface area contributed by atoms with Crippen molar-refractivity contribution in [3.8, 4) is 0 Å². The Bertz CT molecular complexity index is 411. The van der Waals surface area contributed by atoms with Crippen LogP contribution in [0.2, 0.25) is 5.02 Å². The highest BCUT2D eigenvalue weighted by atomic mass is 79.9. The van der Waals surface area contributed by atoms with Crippen molar-refractivity contribution in [2.24, 2.45) is 5.92 Å². The van der Waals surface area contributed by atoms with Crippen LogP contribution in [0.5, 0.6) is 0 Å². The molecule has 0 spiro atoms. The van der Waals surface area contributed by atoms with Crippen LogP contribution in [0.3, 0.4) is 0 Å². The predicted molar refractivity (Wildman–Crippen MR) is 83.0 cm³/mol. The SMILES string of the molecule is CN1CCC(CN(C)c2c(Cl)cccc2CBr)C1. The van der Waals surface area contributed by atoms with Crippen molar-refractivity contribution in [2.75, 3.05) is 38.6 Å². The van der Waals surface area contributed by atoms with Gasteiger partial charge >= 0.3 is 0 Å². The van der Waals surface area contributed by atoms with Crippen LogP contribution in [0.1, 0.15) is 12.0 Å². The molecule has 0 saturated carbocycles. The van der Waals surface area contributed by atoms with Crippen molar-refractivity contribution in [1.29, 1.82) is 0 Å². The van der Waals surface area contributed by atoms with E-state index < -0.39 is 0 Å². The minimum atomic E-state index is 0.749. The second-order valence-electron chi connectivity index (χ2n) is 5.18. The molecule has 4 heteroatoms. The van der Waals surface area contributed by atoms with E-state index in [-0.39, 0.29) is 0 Å². The highest BCUT2D eigenvalue weighted by Crippen LogP contribution is 2.31. The first-order chi connectivity index (χ1) is 8.61. The fourth-order valence-electron chi connectivity index (χ4n) is 2.75. The molecule has 1 aliphatic rings. The lowest BCUT2D eigenvalue weighted by atomic mass is 10.1. The molecule has 1 unspecified atom stereocenters. The maximum atomic E-state index is 6.34. The third-order valence-corrected chi connectivity index (χ3v) is 4.53. The summed E-state index contributed by atoms with van der Waals surface area (Å²) < 4.78 is 0. The minimum absolute atomic E-state index is 0.749. The Morgan fingerprint density at radius 1 is 1.50 bits per heavy atom. The number of benzene rings is 1. The Balaban J connectivity index is 2.10. The van der Waals surface area contributed by atoms with E-state index in [1.54, 1.807) is 0 Å². The zero-order valence-corrected chi connectivity index (χ0v) is 13.3. The molecule has 0 N–H and O–H groups in total. The van der Waals surface area contributed by atoms with Gasteiger partial charge < -0.3 is 9.80 Å². The molecule has 1 aliphatic heterocycles. The average Bonchev–Trinajstić information content (AvgIpc) is 2.74. The first-order valence-electron chi connectivity index (χ1n) is 6.35. The van der Waals surface area contributed by atoms with Crippen LogP contribution in [-0.4, -0.2) is 38.6 Å². The second-order valence-corrected chi connectivity index (χ2v) is 6.15. The van der Waals surface area contributed by atoms with Crippen molar-refractivity contribution in [2.45, 2.75) is 11.8 Å². The molecule has 1 heterocycles. The zero-order chi connectivity index (χ0) is 13.1. The number of halogens is 2. The molecular weight excluding hydrogens is 312 g/mol. The topological polar surface area (TPSA) is 6.48 Å². The molecule has 1 atom stereocenters. The van der Waals surface area contributed by atoms with E-state index in [1.807, 2.05) is 12.1 Å². The Morgan fingerprint density at radius 3 is 2.89 bits per heavy atom. The lowest BCUT2D eigenvalue weighted by Gasteiger charge is -2.26. The van der Waals surface area contributed by atoms with Crippen LogP contribution >= 0.6 is 27.5 Å². The number of alkyl halides is 1. The third-order valence-electron chi connectivity index (χ3n) is 3.62. The van der Waals surface area contributed by atoms with Crippen LogP contribution in [-0.2, 0) is 5.33 Å². The lowest BCUT2D eigenvalue weighted by molar-refractivity contribution is 0.396. The lowest BCUT2D eigenvalue weighted by Crippen LogP contribution is -2.28. The summed E-state index contributed by atoms with van der Waals surface area (Å²) in [7, 11) is 4.34. The normalized spacial score (nSPS) is 20.3. The first kappa shape index (κ1) is 14.2. The van der Waals surface area contributed by atoms with Gasteiger partial charge in [0, 0.05) is 25.5 Å². The van der Waals surface area contributed by atoms with Crippen LogP contribution in [0.4, 0.5) is 5.69 Å². The van der Waals surface area contributed by atoms with Crippen molar-refractivity contribution < 1.29 is 0 Å². The Labute approximate surface area is 123 Å². The monoisotopic (exact) mass is 330 g/mol. The number of nitrogens with zero attached hydrogens (tertiary/aromatic N) is 2.